The highest BCUT2D eigenvalue weighted by atomic mass is 79.9. The van der Waals surface area contributed by atoms with Crippen LogP contribution in [-0.2, 0) is 6.54 Å². The number of ether oxygens (including phenoxy) is 2. The highest BCUT2D eigenvalue weighted by molar-refractivity contribution is 9.10. The van der Waals surface area contributed by atoms with E-state index in [0.717, 1.165) is 21.5 Å². The molecule has 5 nitrogen and oxygen atoms in total. The number of aliphatic hydroxyl groups is 1. The molecule has 0 radical (unpaired) electrons. The Morgan fingerprint density at radius 2 is 2.00 bits per heavy atom. The van der Waals surface area contributed by atoms with Gasteiger partial charge in [-0.05, 0) is 20.2 Å². The Labute approximate surface area is 129 Å². The fourth-order valence-electron chi connectivity index (χ4n) is 1.91. The van der Waals surface area contributed by atoms with Crippen molar-refractivity contribution in [3.8, 4) is 11.5 Å². The quantitative estimate of drug-likeness (QED) is 0.746. The molecule has 114 valence electrons. The van der Waals surface area contributed by atoms with Crippen LogP contribution in [0.1, 0.15) is 5.56 Å². The fourth-order valence-corrected chi connectivity index (χ4v) is 2.47. The van der Waals surface area contributed by atoms with E-state index in [1.165, 1.54) is 0 Å². The molecule has 1 atom stereocenters. The minimum atomic E-state index is -0.395. The van der Waals surface area contributed by atoms with Crippen LogP contribution in [-0.4, -0.2) is 57.5 Å². The van der Waals surface area contributed by atoms with Crippen molar-refractivity contribution >= 4 is 15.9 Å². The molecular formula is C14H23BrN2O3. The lowest BCUT2D eigenvalue weighted by Crippen LogP contribution is -2.34. The number of rotatable bonds is 8. The molecule has 0 saturated carbocycles. The molecule has 1 aromatic rings. The smallest absolute Gasteiger partial charge is 0.128 e. The monoisotopic (exact) mass is 346 g/mol. The van der Waals surface area contributed by atoms with Gasteiger partial charge in [-0.3, -0.25) is 0 Å². The highest BCUT2D eigenvalue weighted by Gasteiger charge is 2.11. The SMILES string of the molecule is COc1cc(Br)c(CNCC(O)CN(C)C)c(OC)c1. The zero-order valence-electron chi connectivity index (χ0n) is 12.4. The molecule has 1 rings (SSSR count). The third-order valence-electron chi connectivity index (χ3n) is 2.84. The number of benzene rings is 1. The van der Waals surface area contributed by atoms with Gasteiger partial charge in [-0.15, -0.1) is 0 Å². The van der Waals surface area contributed by atoms with E-state index in [9.17, 15) is 5.11 Å². The average Bonchev–Trinajstić information content (AvgIpc) is 2.39. The summed E-state index contributed by atoms with van der Waals surface area (Å²) < 4.78 is 11.5. The maximum absolute atomic E-state index is 9.81. The van der Waals surface area contributed by atoms with Gasteiger partial charge >= 0.3 is 0 Å². The highest BCUT2D eigenvalue weighted by Crippen LogP contribution is 2.32. The van der Waals surface area contributed by atoms with Crippen molar-refractivity contribution in [1.29, 1.82) is 0 Å². The molecule has 0 aliphatic carbocycles. The largest absolute Gasteiger partial charge is 0.497 e. The molecule has 0 aromatic heterocycles. The van der Waals surface area contributed by atoms with Gasteiger partial charge in [0.1, 0.15) is 11.5 Å². The zero-order valence-corrected chi connectivity index (χ0v) is 14.0. The third-order valence-corrected chi connectivity index (χ3v) is 3.55. The number of likely N-dealkylation sites (N-methyl/N-ethyl adjacent to an activating group) is 1. The number of nitrogens with one attached hydrogen (secondary N) is 1. The second-order valence-electron chi connectivity index (χ2n) is 4.84. The second-order valence-corrected chi connectivity index (χ2v) is 5.69. The van der Waals surface area contributed by atoms with Crippen molar-refractivity contribution in [2.24, 2.45) is 0 Å². The Kier molecular flexibility index (Phi) is 7.29. The Morgan fingerprint density at radius 1 is 1.30 bits per heavy atom. The maximum Gasteiger partial charge on any atom is 0.128 e. The van der Waals surface area contributed by atoms with Crippen LogP contribution < -0.4 is 14.8 Å². The number of halogens is 1. The van der Waals surface area contributed by atoms with Crippen molar-refractivity contribution in [2.45, 2.75) is 12.6 Å². The van der Waals surface area contributed by atoms with E-state index in [4.69, 9.17) is 9.47 Å². The molecule has 0 aliphatic rings. The summed E-state index contributed by atoms with van der Waals surface area (Å²) in [5, 5.41) is 13.0. The van der Waals surface area contributed by atoms with Crippen LogP contribution in [0.15, 0.2) is 16.6 Å². The van der Waals surface area contributed by atoms with Crippen LogP contribution in [0.5, 0.6) is 11.5 Å². The molecule has 2 N–H and O–H groups in total. The van der Waals surface area contributed by atoms with Crippen LogP contribution in [0.3, 0.4) is 0 Å². The molecule has 20 heavy (non-hydrogen) atoms. The molecule has 1 aromatic carbocycles. The number of nitrogens with zero attached hydrogens (tertiary/aromatic N) is 1. The van der Waals surface area contributed by atoms with Crippen LogP contribution in [0.4, 0.5) is 0 Å². The third kappa shape index (κ3) is 5.28. The standard InChI is InChI=1S/C14H23BrN2O3/c1-17(2)9-10(18)7-16-8-12-13(15)5-11(19-3)6-14(12)20-4/h5-6,10,16,18H,7-9H2,1-4H3. The molecule has 0 bridgehead atoms. The lowest BCUT2D eigenvalue weighted by molar-refractivity contribution is 0.134. The minimum absolute atomic E-state index is 0.395. The van der Waals surface area contributed by atoms with E-state index >= 15 is 0 Å². The fraction of sp³-hybridized carbons (Fsp3) is 0.571. The van der Waals surface area contributed by atoms with E-state index in [-0.39, 0.29) is 0 Å². The van der Waals surface area contributed by atoms with Crippen molar-refractivity contribution < 1.29 is 14.6 Å². The average molecular weight is 347 g/mol. The first-order valence-electron chi connectivity index (χ1n) is 6.41. The first-order chi connectivity index (χ1) is 9.47. The van der Waals surface area contributed by atoms with Crippen molar-refractivity contribution in [2.75, 3.05) is 41.4 Å². The summed E-state index contributed by atoms with van der Waals surface area (Å²) in [4.78, 5) is 1.95. The zero-order chi connectivity index (χ0) is 15.1. The number of aliphatic hydroxyl groups excluding tert-OH is 1. The summed E-state index contributed by atoms with van der Waals surface area (Å²) >= 11 is 3.52. The molecule has 0 spiro atoms. The lowest BCUT2D eigenvalue weighted by Gasteiger charge is -2.18. The topological polar surface area (TPSA) is 54.0 Å². The van der Waals surface area contributed by atoms with Gasteiger partial charge in [0.15, 0.2) is 0 Å². The first kappa shape index (κ1) is 17.2. The molecular weight excluding hydrogens is 324 g/mol. The lowest BCUT2D eigenvalue weighted by atomic mass is 10.2. The van der Waals surface area contributed by atoms with Gasteiger partial charge in [0, 0.05) is 35.7 Å². The van der Waals surface area contributed by atoms with Gasteiger partial charge in [0.05, 0.1) is 20.3 Å². The van der Waals surface area contributed by atoms with Crippen LogP contribution >= 0.6 is 15.9 Å². The summed E-state index contributed by atoms with van der Waals surface area (Å²) in [6, 6.07) is 3.74. The normalized spacial score (nSPS) is 12.6. The predicted molar refractivity (Wildman–Crippen MR) is 83.5 cm³/mol. The van der Waals surface area contributed by atoms with Crippen LogP contribution in [0.2, 0.25) is 0 Å². The van der Waals surface area contributed by atoms with E-state index in [2.05, 4.69) is 21.2 Å². The van der Waals surface area contributed by atoms with Gasteiger partial charge in [-0.25, -0.2) is 0 Å². The van der Waals surface area contributed by atoms with E-state index < -0.39 is 6.10 Å². The maximum atomic E-state index is 9.81. The van der Waals surface area contributed by atoms with Crippen LogP contribution in [0.25, 0.3) is 0 Å². The van der Waals surface area contributed by atoms with E-state index in [1.54, 1.807) is 14.2 Å². The summed E-state index contributed by atoms with van der Waals surface area (Å²) in [7, 11) is 7.13. The number of hydrogen-bond acceptors (Lipinski definition) is 5. The van der Waals surface area contributed by atoms with Crippen molar-refractivity contribution in [1.82, 2.24) is 10.2 Å². The molecule has 0 heterocycles. The molecule has 0 amide bonds. The first-order valence-corrected chi connectivity index (χ1v) is 7.21. The predicted octanol–water partition coefficient (Wildman–Crippen LogP) is 1.48. The van der Waals surface area contributed by atoms with E-state index in [1.807, 2.05) is 31.1 Å². The number of hydrogen-bond donors (Lipinski definition) is 2. The van der Waals surface area contributed by atoms with Crippen LogP contribution in [0, 0.1) is 0 Å². The summed E-state index contributed by atoms with van der Waals surface area (Å²) in [5.74, 6) is 1.50. The summed E-state index contributed by atoms with van der Waals surface area (Å²) in [6.07, 6.45) is -0.395. The van der Waals surface area contributed by atoms with Gasteiger partial charge in [-0.2, -0.15) is 0 Å². The Hall–Kier alpha value is -0.820. The van der Waals surface area contributed by atoms with Crippen molar-refractivity contribution in [3.63, 3.8) is 0 Å². The van der Waals surface area contributed by atoms with Gasteiger partial charge in [0.2, 0.25) is 0 Å². The Morgan fingerprint density at radius 3 is 2.55 bits per heavy atom. The number of methoxy groups -OCH3 is 2. The second kappa shape index (κ2) is 8.46. The Bertz CT molecular complexity index is 427. The minimum Gasteiger partial charge on any atom is -0.497 e. The van der Waals surface area contributed by atoms with Gasteiger partial charge in [0.25, 0.3) is 0 Å². The summed E-state index contributed by atoms with van der Waals surface area (Å²) in [5.41, 5.74) is 1.00. The molecule has 0 fully saturated rings. The molecule has 0 aliphatic heterocycles. The van der Waals surface area contributed by atoms with E-state index in [0.29, 0.717) is 19.6 Å². The van der Waals surface area contributed by atoms with Gasteiger partial charge in [-0.1, -0.05) is 15.9 Å². The Balaban J connectivity index is 2.63. The molecule has 0 saturated heterocycles. The molecule has 6 heteroatoms. The molecule has 1 unspecified atom stereocenters. The van der Waals surface area contributed by atoms with Crippen molar-refractivity contribution in [3.05, 3.63) is 22.2 Å². The van der Waals surface area contributed by atoms with Gasteiger partial charge < -0.3 is 24.8 Å². The summed E-state index contributed by atoms with van der Waals surface area (Å²) in [6.45, 7) is 1.77.